The van der Waals surface area contributed by atoms with Crippen molar-refractivity contribution in [1.29, 1.82) is 0 Å². The number of aliphatic hydroxyl groups excluding tert-OH is 1. The zero-order valence-corrected chi connectivity index (χ0v) is 22.5. The Morgan fingerprint density at radius 2 is 1.94 bits per heavy atom. The van der Waals surface area contributed by atoms with Crippen LogP contribution in [0.4, 0.5) is 10.2 Å². The van der Waals surface area contributed by atoms with Crippen molar-refractivity contribution in [2.45, 2.75) is 56.3 Å². The van der Waals surface area contributed by atoms with Gasteiger partial charge in [-0.15, -0.1) is 0 Å². The average molecular weight is 572 g/mol. The van der Waals surface area contributed by atoms with E-state index in [-0.39, 0.29) is 17.0 Å². The molecular weight excluding hydrogens is 543 g/mol. The highest BCUT2D eigenvalue weighted by Crippen LogP contribution is 2.60. The number of fused-ring (bicyclic) bond motifs is 1. The quantitative estimate of drug-likeness (QED) is 0.317. The highest BCUT2D eigenvalue weighted by Gasteiger charge is 2.47. The minimum absolute atomic E-state index is 0.0557. The maximum absolute atomic E-state index is 15.1. The van der Waals surface area contributed by atoms with Crippen molar-refractivity contribution >= 4 is 43.8 Å². The number of halogens is 2. The molecule has 1 aliphatic carbocycles. The van der Waals surface area contributed by atoms with Crippen molar-refractivity contribution in [1.82, 2.24) is 19.5 Å². The summed E-state index contributed by atoms with van der Waals surface area (Å²) in [5, 5.41) is 10.3. The van der Waals surface area contributed by atoms with Crippen LogP contribution >= 0.6 is 26.8 Å². The molecule has 4 rings (SSSR count). The largest absolute Gasteiger partial charge is 0.387 e. The van der Waals surface area contributed by atoms with E-state index in [0.29, 0.717) is 11.3 Å². The van der Waals surface area contributed by atoms with Gasteiger partial charge in [0, 0.05) is 27.3 Å². The molecule has 202 valence electrons. The van der Waals surface area contributed by atoms with E-state index in [2.05, 4.69) is 24.0 Å². The Labute approximate surface area is 211 Å². The van der Waals surface area contributed by atoms with Gasteiger partial charge < -0.3 is 33.2 Å². The number of alkyl halides is 1. The molecule has 13 nitrogen and oxygen atoms in total. The van der Waals surface area contributed by atoms with Gasteiger partial charge in [-0.2, -0.15) is 9.97 Å². The number of imidazole rings is 1. The average Bonchev–Trinajstić information content (AvgIpc) is 3.58. The number of rotatable bonds is 10. The van der Waals surface area contributed by atoms with E-state index in [1.54, 1.807) is 0 Å². The predicted molar refractivity (Wildman–Crippen MR) is 128 cm³/mol. The van der Waals surface area contributed by atoms with Gasteiger partial charge in [-0.25, -0.2) is 9.37 Å². The summed E-state index contributed by atoms with van der Waals surface area (Å²) in [7, 11) is -4.32. The summed E-state index contributed by atoms with van der Waals surface area (Å²) in [6, 6.07) is 0.269. The molecular formula is C19H29ClFN5O8P2. The smallest absolute Gasteiger partial charge is 0.342 e. The summed E-state index contributed by atoms with van der Waals surface area (Å²) in [6.07, 6.45) is -0.759. The SMILES string of the molecule is COP(=O)(CP(=O)(O)OC[C@H]1O[C@@H](n2cnc3c(N(C)C4CCCC4)nc(Cl)nc32)[C@@H](F)[C@@H]1O)OC. The molecule has 2 aliphatic rings. The van der Waals surface area contributed by atoms with Gasteiger partial charge in [0.15, 0.2) is 35.3 Å². The van der Waals surface area contributed by atoms with Crippen LogP contribution in [-0.2, 0) is 27.4 Å². The third-order valence-electron chi connectivity index (χ3n) is 6.50. The lowest BCUT2D eigenvalue weighted by Crippen LogP contribution is -2.31. The number of ether oxygens (including phenoxy) is 1. The van der Waals surface area contributed by atoms with Gasteiger partial charge in [0.25, 0.3) is 0 Å². The van der Waals surface area contributed by atoms with Crippen LogP contribution in [0, 0.1) is 0 Å². The molecule has 36 heavy (non-hydrogen) atoms. The van der Waals surface area contributed by atoms with Gasteiger partial charge in [0.1, 0.15) is 12.2 Å². The first-order valence-electron chi connectivity index (χ1n) is 11.3. The number of aliphatic hydroxyl groups is 1. The maximum Gasteiger partial charge on any atom is 0.342 e. The molecule has 2 aromatic heterocycles. The van der Waals surface area contributed by atoms with Crippen LogP contribution in [-0.4, -0.2) is 87.7 Å². The topological polar surface area (TPSA) is 158 Å². The Hall–Kier alpha value is -1.21. The van der Waals surface area contributed by atoms with E-state index < -0.39 is 52.3 Å². The van der Waals surface area contributed by atoms with Gasteiger partial charge in [-0.1, -0.05) is 12.8 Å². The molecule has 1 unspecified atom stereocenters. The van der Waals surface area contributed by atoms with E-state index >= 15 is 4.39 Å². The van der Waals surface area contributed by atoms with Gasteiger partial charge in [-0.05, 0) is 24.4 Å². The second-order valence-corrected chi connectivity index (χ2v) is 13.7. The molecule has 1 aliphatic heterocycles. The fourth-order valence-corrected chi connectivity index (χ4v) is 8.17. The van der Waals surface area contributed by atoms with Gasteiger partial charge in [0.2, 0.25) is 5.28 Å². The molecule has 0 bridgehead atoms. The van der Waals surface area contributed by atoms with Crippen molar-refractivity contribution in [3.8, 4) is 0 Å². The summed E-state index contributed by atoms with van der Waals surface area (Å²) in [4.78, 5) is 24.9. The molecule has 0 amide bonds. The van der Waals surface area contributed by atoms with Crippen LogP contribution in [0.3, 0.4) is 0 Å². The lowest BCUT2D eigenvalue weighted by atomic mass is 10.1. The third kappa shape index (κ3) is 5.62. The minimum Gasteiger partial charge on any atom is -0.387 e. The minimum atomic E-state index is -4.49. The van der Waals surface area contributed by atoms with Crippen molar-refractivity contribution in [2.75, 3.05) is 38.7 Å². The fourth-order valence-electron chi connectivity index (χ4n) is 4.48. The summed E-state index contributed by atoms with van der Waals surface area (Å²) in [6.45, 7) is -0.655. The number of nitrogens with zero attached hydrogens (tertiary/aromatic N) is 5. The first-order valence-corrected chi connectivity index (χ1v) is 15.1. The summed E-state index contributed by atoms with van der Waals surface area (Å²) < 4.78 is 60.9. The van der Waals surface area contributed by atoms with Crippen LogP contribution in [0.5, 0.6) is 0 Å². The zero-order chi connectivity index (χ0) is 26.3. The number of aromatic nitrogens is 4. The lowest BCUT2D eigenvalue weighted by Gasteiger charge is -2.25. The molecule has 0 radical (unpaired) electrons. The van der Waals surface area contributed by atoms with Crippen LogP contribution in [0.25, 0.3) is 11.2 Å². The summed E-state index contributed by atoms with van der Waals surface area (Å²) in [5.74, 6) is -0.414. The fraction of sp³-hybridized carbons (Fsp3) is 0.737. The monoisotopic (exact) mass is 571 g/mol. The van der Waals surface area contributed by atoms with E-state index in [4.69, 9.17) is 20.9 Å². The first kappa shape index (κ1) is 27.8. The van der Waals surface area contributed by atoms with Crippen molar-refractivity contribution < 1.29 is 41.8 Å². The highest BCUT2D eigenvalue weighted by atomic mass is 35.5. The van der Waals surface area contributed by atoms with Crippen molar-refractivity contribution in [3.05, 3.63) is 11.6 Å². The number of anilines is 1. The predicted octanol–water partition coefficient (Wildman–Crippen LogP) is 3.10. The normalized spacial score (nSPS) is 27.1. The first-order chi connectivity index (χ1) is 17.0. The van der Waals surface area contributed by atoms with Gasteiger partial charge in [0.05, 0.1) is 12.9 Å². The zero-order valence-electron chi connectivity index (χ0n) is 19.9. The molecule has 0 spiro atoms. The molecule has 2 N–H and O–H groups in total. The van der Waals surface area contributed by atoms with Crippen LogP contribution < -0.4 is 4.90 Å². The van der Waals surface area contributed by atoms with Gasteiger partial charge >= 0.3 is 15.2 Å². The molecule has 1 saturated heterocycles. The second-order valence-electron chi connectivity index (χ2n) is 8.74. The molecule has 2 aromatic rings. The van der Waals surface area contributed by atoms with Crippen LogP contribution in [0.15, 0.2) is 6.33 Å². The van der Waals surface area contributed by atoms with Gasteiger partial charge in [-0.3, -0.25) is 13.7 Å². The number of hydrogen-bond acceptors (Lipinski definition) is 11. The summed E-state index contributed by atoms with van der Waals surface area (Å²) >= 11 is 6.18. The second kappa shape index (κ2) is 10.9. The van der Waals surface area contributed by atoms with E-state index in [1.165, 1.54) is 10.9 Å². The van der Waals surface area contributed by atoms with E-state index in [9.17, 15) is 19.1 Å². The Morgan fingerprint density at radius 1 is 1.28 bits per heavy atom. The standard InChI is InChI=1S/C19H29ClFN5O8P2/c1-25(11-6-4-5-7-11)16-14-17(24-19(20)23-16)26(9-22-14)18-13(21)15(27)12(34-18)8-33-35(28,29)10-36(30,31-2)32-3/h9,11-13,15,18,27H,4-8,10H2,1-3H3,(H,28,29)/t12-,13+,15-,18-/m1/s1. The van der Waals surface area contributed by atoms with Crippen molar-refractivity contribution in [2.24, 2.45) is 0 Å². The maximum atomic E-state index is 15.1. The highest BCUT2D eigenvalue weighted by molar-refractivity contribution is 7.70. The Kier molecular flexibility index (Phi) is 8.41. The van der Waals surface area contributed by atoms with E-state index in [1.807, 2.05) is 11.9 Å². The Balaban J connectivity index is 1.53. The van der Waals surface area contributed by atoms with E-state index in [0.717, 1.165) is 39.9 Å². The third-order valence-corrected chi connectivity index (χ3v) is 11.1. The molecule has 5 atom stereocenters. The van der Waals surface area contributed by atoms with Crippen LogP contribution in [0.2, 0.25) is 5.28 Å². The van der Waals surface area contributed by atoms with Crippen LogP contribution in [0.1, 0.15) is 31.9 Å². The lowest BCUT2D eigenvalue weighted by molar-refractivity contribution is -0.0425. The number of hydrogen-bond donors (Lipinski definition) is 2. The molecule has 3 heterocycles. The van der Waals surface area contributed by atoms with Crippen molar-refractivity contribution in [3.63, 3.8) is 0 Å². The Morgan fingerprint density at radius 3 is 2.58 bits per heavy atom. The molecule has 17 heteroatoms. The molecule has 1 saturated carbocycles. The Bertz CT molecular complexity index is 1180. The summed E-state index contributed by atoms with van der Waals surface area (Å²) in [5.41, 5.74) is 0.610. The molecule has 2 fully saturated rings. The molecule has 0 aromatic carbocycles.